The highest BCUT2D eigenvalue weighted by Crippen LogP contribution is 2.23. The van der Waals surface area contributed by atoms with Crippen LogP contribution >= 0.6 is 11.6 Å². The molecule has 1 atom stereocenters. The number of alkyl halides is 3. The number of aryl methyl sites for hydroxylation is 1. The van der Waals surface area contributed by atoms with Crippen molar-refractivity contribution in [1.29, 1.82) is 0 Å². The largest absolute Gasteiger partial charge is 0.411 e. The van der Waals surface area contributed by atoms with Gasteiger partial charge in [-0.05, 0) is 37.6 Å². The number of hydrogen-bond donors (Lipinski definition) is 1. The zero-order valence-corrected chi connectivity index (χ0v) is 11.6. The second kappa shape index (κ2) is 7.12. The summed E-state index contributed by atoms with van der Waals surface area (Å²) >= 11 is 6.03. The standard InChI is InChI=1S/C13H17ClF3NO/c1-9-3-4-10(7-11(9)14)12(18-2)5-6-19-8-13(15,16)17/h3-4,7,12,18H,5-6,8H2,1-2H3. The number of halogens is 4. The predicted molar refractivity (Wildman–Crippen MR) is 69.5 cm³/mol. The number of benzene rings is 1. The minimum absolute atomic E-state index is 0.0382. The van der Waals surface area contributed by atoms with E-state index in [-0.39, 0.29) is 12.6 Å². The molecule has 0 spiro atoms. The molecule has 0 saturated heterocycles. The number of hydrogen-bond acceptors (Lipinski definition) is 2. The lowest BCUT2D eigenvalue weighted by molar-refractivity contribution is -0.174. The molecule has 0 bridgehead atoms. The van der Waals surface area contributed by atoms with Gasteiger partial charge in [-0.1, -0.05) is 23.7 Å². The Morgan fingerprint density at radius 1 is 1.37 bits per heavy atom. The molecule has 0 aromatic heterocycles. The van der Waals surface area contributed by atoms with E-state index in [0.29, 0.717) is 11.4 Å². The highest BCUT2D eigenvalue weighted by atomic mass is 35.5. The molecule has 0 fully saturated rings. The number of rotatable bonds is 6. The SMILES string of the molecule is CNC(CCOCC(F)(F)F)c1ccc(C)c(Cl)c1. The molecule has 108 valence electrons. The van der Waals surface area contributed by atoms with Crippen molar-refractivity contribution in [3.8, 4) is 0 Å². The third-order valence-corrected chi connectivity index (χ3v) is 3.17. The van der Waals surface area contributed by atoms with Gasteiger partial charge in [0.2, 0.25) is 0 Å². The Morgan fingerprint density at radius 2 is 2.05 bits per heavy atom. The fraction of sp³-hybridized carbons (Fsp3) is 0.538. The Morgan fingerprint density at radius 3 is 2.58 bits per heavy atom. The monoisotopic (exact) mass is 295 g/mol. The fourth-order valence-corrected chi connectivity index (χ4v) is 1.88. The molecule has 1 aromatic carbocycles. The van der Waals surface area contributed by atoms with Crippen molar-refractivity contribution < 1.29 is 17.9 Å². The van der Waals surface area contributed by atoms with Crippen molar-refractivity contribution in [2.45, 2.75) is 25.6 Å². The van der Waals surface area contributed by atoms with Gasteiger partial charge >= 0.3 is 6.18 Å². The van der Waals surface area contributed by atoms with E-state index < -0.39 is 12.8 Å². The number of ether oxygens (including phenoxy) is 1. The molecule has 0 aliphatic carbocycles. The van der Waals surface area contributed by atoms with Crippen molar-refractivity contribution in [1.82, 2.24) is 5.32 Å². The molecule has 6 heteroatoms. The van der Waals surface area contributed by atoms with Crippen LogP contribution in [0.2, 0.25) is 5.02 Å². The molecule has 1 unspecified atom stereocenters. The Bertz CT molecular complexity index is 409. The van der Waals surface area contributed by atoms with Crippen LogP contribution in [0.5, 0.6) is 0 Å². The van der Waals surface area contributed by atoms with Gasteiger partial charge in [-0.15, -0.1) is 0 Å². The van der Waals surface area contributed by atoms with E-state index in [1.165, 1.54) is 0 Å². The van der Waals surface area contributed by atoms with Gasteiger partial charge in [-0.2, -0.15) is 13.2 Å². The highest BCUT2D eigenvalue weighted by Gasteiger charge is 2.27. The molecule has 0 heterocycles. The van der Waals surface area contributed by atoms with Gasteiger partial charge in [0, 0.05) is 17.7 Å². The predicted octanol–water partition coefficient (Wildman–Crippen LogP) is 3.88. The molecule has 0 amide bonds. The van der Waals surface area contributed by atoms with E-state index in [9.17, 15) is 13.2 Å². The molecule has 2 nitrogen and oxygen atoms in total. The summed E-state index contributed by atoms with van der Waals surface area (Å²) in [6.07, 6.45) is -3.83. The Balaban J connectivity index is 2.51. The maximum atomic E-state index is 11.9. The summed E-state index contributed by atoms with van der Waals surface area (Å²) in [5.74, 6) is 0. The van der Waals surface area contributed by atoms with E-state index in [1.54, 1.807) is 7.05 Å². The lowest BCUT2D eigenvalue weighted by Crippen LogP contribution is -2.21. The first-order chi connectivity index (χ1) is 8.83. The van der Waals surface area contributed by atoms with Crippen molar-refractivity contribution in [2.75, 3.05) is 20.3 Å². The summed E-state index contributed by atoms with van der Waals surface area (Å²) < 4.78 is 40.4. The average molecular weight is 296 g/mol. The minimum atomic E-state index is -4.28. The first kappa shape index (κ1) is 16.3. The van der Waals surface area contributed by atoms with Crippen LogP contribution in [0.25, 0.3) is 0 Å². The van der Waals surface area contributed by atoms with Crippen LogP contribution in [0.3, 0.4) is 0 Å². The van der Waals surface area contributed by atoms with Gasteiger partial charge < -0.3 is 10.1 Å². The molecule has 0 radical (unpaired) electrons. The third-order valence-electron chi connectivity index (χ3n) is 2.76. The van der Waals surface area contributed by atoms with E-state index >= 15 is 0 Å². The van der Waals surface area contributed by atoms with Crippen molar-refractivity contribution in [2.24, 2.45) is 0 Å². The minimum Gasteiger partial charge on any atom is -0.372 e. The zero-order valence-electron chi connectivity index (χ0n) is 10.9. The van der Waals surface area contributed by atoms with Gasteiger partial charge in [-0.25, -0.2) is 0 Å². The summed E-state index contributed by atoms with van der Waals surface area (Å²) in [6, 6.07) is 5.54. The lowest BCUT2D eigenvalue weighted by atomic mass is 10.0. The highest BCUT2D eigenvalue weighted by molar-refractivity contribution is 6.31. The summed E-state index contributed by atoms with van der Waals surface area (Å²) in [7, 11) is 1.75. The van der Waals surface area contributed by atoms with Crippen LogP contribution in [0.1, 0.15) is 23.6 Å². The second-order valence-electron chi connectivity index (χ2n) is 4.31. The van der Waals surface area contributed by atoms with E-state index in [0.717, 1.165) is 11.1 Å². The van der Waals surface area contributed by atoms with Crippen LogP contribution in [-0.2, 0) is 4.74 Å². The molecule has 0 aliphatic heterocycles. The van der Waals surface area contributed by atoms with Crippen molar-refractivity contribution in [3.05, 3.63) is 34.3 Å². The first-order valence-electron chi connectivity index (χ1n) is 5.91. The first-order valence-corrected chi connectivity index (χ1v) is 6.29. The van der Waals surface area contributed by atoms with E-state index in [1.807, 2.05) is 25.1 Å². The van der Waals surface area contributed by atoms with E-state index in [4.69, 9.17) is 11.6 Å². The topological polar surface area (TPSA) is 21.3 Å². The smallest absolute Gasteiger partial charge is 0.372 e. The maximum Gasteiger partial charge on any atom is 0.411 e. The maximum absolute atomic E-state index is 11.9. The molecule has 19 heavy (non-hydrogen) atoms. The third kappa shape index (κ3) is 5.80. The molecular formula is C13H17ClF3NO. The fourth-order valence-electron chi connectivity index (χ4n) is 1.69. The second-order valence-corrected chi connectivity index (χ2v) is 4.71. The van der Waals surface area contributed by atoms with Gasteiger partial charge in [0.1, 0.15) is 6.61 Å². The average Bonchev–Trinajstić information content (AvgIpc) is 2.32. The van der Waals surface area contributed by atoms with E-state index in [2.05, 4.69) is 10.1 Å². The van der Waals surface area contributed by atoms with Crippen LogP contribution in [-0.4, -0.2) is 26.4 Å². The molecule has 0 saturated carbocycles. The van der Waals surface area contributed by atoms with Crippen LogP contribution in [0.15, 0.2) is 18.2 Å². The summed E-state index contributed by atoms with van der Waals surface area (Å²) in [5, 5.41) is 3.69. The molecule has 0 aliphatic rings. The normalized spacial score (nSPS) is 13.6. The Kier molecular flexibility index (Phi) is 6.10. The summed E-state index contributed by atoms with van der Waals surface area (Å²) in [5.41, 5.74) is 1.90. The zero-order chi connectivity index (χ0) is 14.5. The molecule has 1 N–H and O–H groups in total. The summed E-state index contributed by atoms with van der Waals surface area (Å²) in [6.45, 7) is 0.724. The lowest BCUT2D eigenvalue weighted by Gasteiger charge is -2.18. The number of nitrogens with one attached hydrogen (secondary N) is 1. The van der Waals surface area contributed by atoms with Crippen molar-refractivity contribution >= 4 is 11.6 Å². The molecular weight excluding hydrogens is 279 g/mol. The van der Waals surface area contributed by atoms with Crippen LogP contribution in [0.4, 0.5) is 13.2 Å². The quantitative estimate of drug-likeness (QED) is 0.804. The van der Waals surface area contributed by atoms with Gasteiger partial charge in [0.15, 0.2) is 0 Å². The molecule has 1 aromatic rings. The Labute approximate surface area is 115 Å². The summed E-state index contributed by atoms with van der Waals surface area (Å²) in [4.78, 5) is 0. The van der Waals surface area contributed by atoms with Gasteiger partial charge in [0.05, 0.1) is 0 Å². The Hall–Kier alpha value is -0.780. The van der Waals surface area contributed by atoms with Crippen LogP contribution in [0, 0.1) is 6.92 Å². The van der Waals surface area contributed by atoms with Crippen molar-refractivity contribution in [3.63, 3.8) is 0 Å². The molecule has 1 rings (SSSR count). The van der Waals surface area contributed by atoms with Crippen LogP contribution < -0.4 is 5.32 Å². The van der Waals surface area contributed by atoms with Gasteiger partial charge in [0.25, 0.3) is 0 Å². The van der Waals surface area contributed by atoms with Gasteiger partial charge in [-0.3, -0.25) is 0 Å².